The molecule has 1 aliphatic rings. The molecule has 7 heteroatoms. The van der Waals surface area contributed by atoms with Crippen molar-refractivity contribution in [1.82, 2.24) is 20.2 Å². The lowest BCUT2D eigenvalue weighted by Crippen LogP contribution is -2.48. The van der Waals surface area contributed by atoms with Crippen molar-refractivity contribution in [3.8, 4) is 16.5 Å². The van der Waals surface area contributed by atoms with Crippen LogP contribution < -0.4 is 10.1 Å². The highest BCUT2D eigenvalue weighted by Crippen LogP contribution is 2.33. The van der Waals surface area contributed by atoms with Crippen LogP contribution in [0.1, 0.15) is 27.0 Å². The molecule has 1 unspecified atom stereocenters. The zero-order chi connectivity index (χ0) is 19.5. The Morgan fingerprint density at radius 1 is 1.25 bits per heavy atom. The predicted octanol–water partition coefficient (Wildman–Crippen LogP) is 3.31. The quantitative estimate of drug-likeness (QED) is 0.735. The predicted molar refractivity (Wildman–Crippen MR) is 110 cm³/mol. The minimum atomic E-state index is -0.0859. The number of amides is 1. The summed E-state index contributed by atoms with van der Waals surface area (Å²) in [7, 11) is 1.66. The molecule has 0 saturated carbocycles. The van der Waals surface area contributed by atoms with E-state index in [0.29, 0.717) is 18.0 Å². The number of hydrogen-bond acceptors (Lipinski definition) is 6. The first-order valence-corrected chi connectivity index (χ1v) is 10.0. The molecule has 2 aromatic heterocycles. The highest BCUT2D eigenvalue weighted by Gasteiger charge is 2.32. The summed E-state index contributed by atoms with van der Waals surface area (Å²) in [5, 5.41) is 4.16. The average molecular weight is 395 g/mol. The first kappa shape index (κ1) is 18.6. The first-order valence-electron chi connectivity index (χ1n) is 9.22. The second-order valence-corrected chi connectivity index (χ2v) is 7.61. The number of ether oxygens (including phenoxy) is 1. The molecular weight excluding hydrogens is 372 g/mol. The summed E-state index contributed by atoms with van der Waals surface area (Å²) >= 11 is 1.41. The van der Waals surface area contributed by atoms with E-state index in [1.165, 1.54) is 11.3 Å². The molecule has 1 fully saturated rings. The zero-order valence-corrected chi connectivity index (χ0v) is 16.7. The Morgan fingerprint density at radius 3 is 2.86 bits per heavy atom. The van der Waals surface area contributed by atoms with Crippen LogP contribution in [0.2, 0.25) is 0 Å². The Balaban J connectivity index is 1.67. The molecule has 1 aromatic carbocycles. The number of thiazole rings is 1. The first-order chi connectivity index (χ1) is 13.7. The van der Waals surface area contributed by atoms with Crippen molar-refractivity contribution in [2.75, 3.05) is 26.7 Å². The highest BCUT2D eigenvalue weighted by molar-refractivity contribution is 7.17. The molecule has 1 N–H and O–H groups in total. The van der Waals surface area contributed by atoms with Crippen molar-refractivity contribution < 1.29 is 9.53 Å². The number of piperazine rings is 1. The van der Waals surface area contributed by atoms with E-state index in [1.807, 2.05) is 54.3 Å². The summed E-state index contributed by atoms with van der Waals surface area (Å²) in [6.45, 7) is 3.98. The molecule has 0 radical (unpaired) electrons. The largest absolute Gasteiger partial charge is 0.496 e. The molecule has 0 bridgehead atoms. The lowest BCUT2D eigenvalue weighted by Gasteiger charge is -2.37. The number of hydrogen-bond donors (Lipinski definition) is 1. The molecule has 3 aromatic rings. The van der Waals surface area contributed by atoms with Gasteiger partial charge in [-0.15, -0.1) is 11.3 Å². The summed E-state index contributed by atoms with van der Waals surface area (Å²) in [6, 6.07) is 13.5. The topological polar surface area (TPSA) is 67.3 Å². The van der Waals surface area contributed by atoms with Crippen molar-refractivity contribution in [3.05, 3.63) is 64.8 Å². The van der Waals surface area contributed by atoms with Crippen molar-refractivity contribution in [1.29, 1.82) is 0 Å². The number of pyridine rings is 1. The van der Waals surface area contributed by atoms with Gasteiger partial charge in [-0.25, -0.2) is 4.98 Å². The van der Waals surface area contributed by atoms with E-state index in [-0.39, 0.29) is 11.9 Å². The van der Waals surface area contributed by atoms with Crippen molar-refractivity contribution in [2.45, 2.75) is 13.0 Å². The number of para-hydroxylation sites is 1. The Morgan fingerprint density at radius 2 is 2.07 bits per heavy atom. The Kier molecular flexibility index (Phi) is 5.36. The van der Waals surface area contributed by atoms with Gasteiger partial charge < -0.3 is 15.0 Å². The molecule has 1 aliphatic heterocycles. The molecule has 0 aliphatic carbocycles. The second-order valence-electron chi connectivity index (χ2n) is 6.61. The number of carbonyl (C=O) groups is 1. The maximum Gasteiger partial charge on any atom is 0.266 e. The normalized spacial score (nSPS) is 16.8. The van der Waals surface area contributed by atoms with Crippen LogP contribution in [0.15, 0.2) is 48.7 Å². The third-order valence-corrected chi connectivity index (χ3v) is 6.04. The van der Waals surface area contributed by atoms with E-state index in [2.05, 4.69) is 15.3 Å². The zero-order valence-electron chi connectivity index (χ0n) is 15.9. The highest BCUT2D eigenvalue weighted by atomic mass is 32.1. The van der Waals surface area contributed by atoms with E-state index in [4.69, 9.17) is 4.74 Å². The van der Waals surface area contributed by atoms with Gasteiger partial charge in [-0.3, -0.25) is 9.78 Å². The third-order valence-electron chi connectivity index (χ3n) is 4.88. The maximum atomic E-state index is 13.5. The maximum absolute atomic E-state index is 13.5. The van der Waals surface area contributed by atoms with E-state index in [0.717, 1.165) is 34.3 Å². The van der Waals surface area contributed by atoms with Crippen molar-refractivity contribution in [3.63, 3.8) is 0 Å². The number of benzene rings is 1. The average Bonchev–Trinajstić information content (AvgIpc) is 3.15. The SMILES string of the molecule is COc1ccccc1C1CNCCN1C(=O)c1sc(-c2ccccn2)nc1C. The number of methoxy groups -OCH3 is 1. The molecule has 1 atom stereocenters. The van der Waals surface area contributed by atoms with Gasteiger partial charge >= 0.3 is 0 Å². The van der Waals surface area contributed by atoms with Gasteiger partial charge in [0, 0.05) is 31.4 Å². The fourth-order valence-electron chi connectivity index (χ4n) is 3.49. The van der Waals surface area contributed by atoms with Crippen LogP contribution in [0.3, 0.4) is 0 Å². The van der Waals surface area contributed by atoms with Crippen LogP contribution in [0.25, 0.3) is 10.7 Å². The van der Waals surface area contributed by atoms with Gasteiger partial charge in [0.25, 0.3) is 5.91 Å². The van der Waals surface area contributed by atoms with Gasteiger partial charge in [-0.05, 0) is 25.1 Å². The fraction of sp³-hybridized carbons (Fsp3) is 0.286. The van der Waals surface area contributed by atoms with Crippen molar-refractivity contribution >= 4 is 17.2 Å². The number of aryl methyl sites for hydroxylation is 1. The van der Waals surface area contributed by atoms with Gasteiger partial charge in [0.2, 0.25) is 0 Å². The van der Waals surface area contributed by atoms with Crippen LogP contribution in [-0.4, -0.2) is 47.5 Å². The number of aromatic nitrogens is 2. The summed E-state index contributed by atoms with van der Waals surface area (Å²) in [5.74, 6) is 0.804. The van der Waals surface area contributed by atoms with Crippen LogP contribution in [0, 0.1) is 6.92 Å². The van der Waals surface area contributed by atoms with Gasteiger partial charge in [0.15, 0.2) is 0 Å². The van der Waals surface area contributed by atoms with Crippen LogP contribution in [0.5, 0.6) is 5.75 Å². The number of rotatable bonds is 4. The third kappa shape index (κ3) is 3.50. The summed E-state index contributed by atoms with van der Waals surface area (Å²) in [5.41, 5.74) is 2.54. The Labute approximate surface area is 168 Å². The van der Waals surface area contributed by atoms with Crippen LogP contribution in [0.4, 0.5) is 0 Å². The molecule has 144 valence electrons. The Bertz CT molecular complexity index is 974. The summed E-state index contributed by atoms with van der Waals surface area (Å²) < 4.78 is 5.53. The molecule has 1 amide bonds. The van der Waals surface area contributed by atoms with Crippen LogP contribution >= 0.6 is 11.3 Å². The lowest BCUT2D eigenvalue weighted by atomic mass is 10.0. The van der Waals surface area contributed by atoms with Gasteiger partial charge in [-0.2, -0.15) is 0 Å². The van der Waals surface area contributed by atoms with Gasteiger partial charge in [0.05, 0.1) is 24.5 Å². The number of nitrogens with one attached hydrogen (secondary N) is 1. The van der Waals surface area contributed by atoms with Crippen molar-refractivity contribution in [2.24, 2.45) is 0 Å². The summed E-state index contributed by atoms with van der Waals surface area (Å²) in [6.07, 6.45) is 1.74. The molecule has 3 heterocycles. The summed E-state index contributed by atoms with van der Waals surface area (Å²) in [4.78, 5) is 25.0. The lowest BCUT2D eigenvalue weighted by molar-refractivity contribution is 0.0635. The monoisotopic (exact) mass is 394 g/mol. The van der Waals surface area contributed by atoms with E-state index in [1.54, 1.807) is 13.3 Å². The molecule has 0 spiro atoms. The molecular formula is C21H22N4O2S. The number of carbonyl (C=O) groups excluding carboxylic acids is 1. The second kappa shape index (κ2) is 8.08. The Hall–Kier alpha value is -2.77. The molecule has 6 nitrogen and oxygen atoms in total. The van der Waals surface area contributed by atoms with E-state index in [9.17, 15) is 4.79 Å². The minimum Gasteiger partial charge on any atom is -0.496 e. The van der Waals surface area contributed by atoms with Crippen LogP contribution in [-0.2, 0) is 0 Å². The molecule has 4 rings (SSSR count). The van der Waals surface area contributed by atoms with Gasteiger partial charge in [0.1, 0.15) is 15.6 Å². The molecule has 1 saturated heterocycles. The fourth-order valence-corrected chi connectivity index (χ4v) is 4.49. The van der Waals surface area contributed by atoms with E-state index >= 15 is 0 Å². The minimum absolute atomic E-state index is 0.00888. The smallest absolute Gasteiger partial charge is 0.266 e. The van der Waals surface area contributed by atoms with Gasteiger partial charge in [-0.1, -0.05) is 24.3 Å². The molecule has 28 heavy (non-hydrogen) atoms. The number of nitrogens with zero attached hydrogens (tertiary/aromatic N) is 3. The van der Waals surface area contributed by atoms with E-state index < -0.39 is 0 Å². The standard InChI is InChI=1S/C21H22N4O2S/c1-14-19(28-20(24-14)16-8-5-6-10-23-16)21(26)25-12-11-22-13-17(25)15-7-3-4-9-18(15)27-2/h3-10,17,22H,11-13H2,1-2H3.